The summed E-state index contributed by atoms with van der Waals surface area (Å²) in [7, 11) is 0. The van der Waals surface area contributed by atoms with Gasteiger partial charge >= 0.3 is 0 Å². The first-order chi connectivity index (χ1) is 7.40. The highest BCUT2D eigenvalue weighted by Crippen LogP contribution is 2.32. The van der Waals surface area contributed by atoms with Crippen LogP contribution < -0.4 is 5.73 Å². The number of imide groups is 1. The van der Waals surface area contributed by atoms with Crippen LogP contribution in [0.25, 0.3) is 0 Å². The first-order valence-corrected chi connectivity index (χ1v) is 5.98. The molecule has 1 fully saturated rings. The minimum atomic E-state index is -0.770. The highest BCUT2D eigenvalue weighted by Gasteiger charge is 2.48. The Morgan fingerprint density at radius 3 is 2.25 bits per heavy atom. The second kappa shape index (κ2) is 4.49. The van der Waals surface area contributed by atoms with Crippen LogP contribution >= 0.6 is 12.2 Å². The minimum Gasteiger partial charge on any atom is -0.391 e. The summed E-state index contributed by atoms with van der Waals surface area (Å²) in [5, 5.41) is 0. The van der Waals surface area contributed by atoms with E-state index < -0.39 is 5.54 Å². The molecule has 90 valence electrons. The Morgan fingerprint density at radius 2 is 2.00 bits per heavy atom. The number of hydrogen-bond donors (Lipinski definition) is 1. The van der Waals surface area contributed by atoms with Crippen molar-refractivity contribution in [2.45, 2.75) is 45.6 Å². The van der Waals surface area contributed by atoms with Crippen LogP contribution in [0.1, 0.15) is 40.0 Å². The fourth-order valence-corrected chi connectivity index (χ4v) is 2.64. The van der Waals surface area contributed by atoms with Crippen molar-refractivity contribution in [3.8, 4) is 0 Å². The number of hydrogen-bond acceptors (Lipinski definition) is 3. The Balaban J connectivity index is 3.18. The molecule has 2 N–H and O–H groups in total. The maximum absolute atomic E-state index is 12.0. The highest BCUT2D eigenvalue weighted by molar-refractivity contribution is 7.80. The lowest BCUT2D eigenvalue weighted by Crippen LogP contribution is -2.58. The Bertz CT molecular complexity index is 337. The molecule has 1 saturated heterocycles. The fourth-order valence-electron chi connectivity index (χ4n) is 2.26. The zero-order valence-corrected chi connectivity index (χ0v) is 10.8. The molecular weight excluding hydrogens is 224 g/mol. The number of thiocarbonyl (C=S) groups is 1. The molecule has 0 spiro atoms. The smallest absolute Gasteiger partial charge is 0.233 e. The summed E-state index contributed by atoms with van der Waals surface area (Å²) in [6.07, 6.45) is 1.41. The Hall–Kier alpha value is -0.970. The van der Waals surface area contributed by atoms with Gasteiger partial charge in [-0.25, -0.2) is 0 Å². The van der Waals surface area contributed by atoms with Crippen LogP contribution in [0.3, 0.4) is 0 Å². The predicted octanol–water partition coefficient (Wildman–Crippen LogP) is 1.23. The number of carbonyl (C=O) groups is 2. The van der Waals surface area contributed by atoms with Gasteiger partial charge in [-0.3, -0.25) is 14.5 Å². The summed E-state index contributed by atoms with van der Waals surface area (Å²) in [5.74, 6) is -0.560. The summed E-state index contributed by atoms with van der Waals surface area (Å²) in [5.41, 5.74) is 4.96. The third-order valence-electron chi connectivity index (χ3n) is 3.43. The van der Waals surface area contributed by atoms with Crippen molar-refractivity contribution in [3.05, 3.63) is 0 Å². The lowest BCUT2D eigenvalue weighted by Gasteiger charge is -2.38. The van der Waals surface area contributed by atoms with Gasteiger partial charge in [0.05, 0.1) is 10.5 Å². The maximum atomic E-state index is 12.0. The van der Waals surface area contributed by atoms with Gasteiger partial charge in [0.1, 0.15) is 0 Å². The van der Waals surface area contributed by atoms with Crippen LogP contribution in [0.15, 0.2) is 0 Å². The number of carbonyl (C=O) groups excluding carboxylic acids is 2. The lowest BCUT2D eigenvalue weighted by atomic mass is 9.90. The van der Waals surface area contributed by atoms with E-state index in [2.05, 4.69) is 0 Å². The van der Waals surface area contributed by atoms with E-state index in [1.165, 1.54) is 4.90 Å². The van der Waals surface area contributed by atoms with E-state index in [-0.39, 0.29) is 29.1 Å². The first kappa shape index (κ1) is 13.1. The normalized spacial score (nSPS) is 21.7. The van der Waals surface area contributed by atoms with Crippen LogP contribution in [0.2, 0.25) is 0 Å². The average molecular weight is 242 g/mol. The molecule has 0 aromatic heterocycles. The standard InChI is InChI=1S/C11H18N2O2S/c1-4-11(5-2,10(12)16)13-8(14)6-7(3)9(13)15/h7H,4-6H2,1-3H3,(H2,12,16). The first-order valence-electron chi connectivity index (χ1n) is 5.57. The molecule has 5 heteroatoms. The van der Waals surface area contributed by atoms with E-state index in [0.717, 1.165) is 0 Å². The topological polar surface area (TPSA) is 63.4 Å². The van der Waals surface area contributed by atoms with E-state index in [4.69, 9.17) is 18.0 Å². The molecule has 0 aromatic rings. The van der Waals surface area contributed by atoms with Gasteiger partial charge in [-0.15, -0.1) is 0 Å². The van der Waals surface area contributed by atoms with E-state index >= 15 is 0 Å². The quantitative estimate of drug-likeness (QED) is 0.595. The summed E-state index contributed by atoms with van der Waals surface area (Å²) < 4.78 is 0. The largest absolute Gasteiger partial charge is 0.391 e. The van der Waals surface area contributed by atoms with Crippen molar-refractivity contribution in [3.63, 3.8) is 0 Å². The van der Waals surface area contributed by atoms with E-state index in [1.807, 2.05) is 13.8 Å². The summed E-state index contributed by atoms with van der Waals surface area (Å²) in [4.78, 5) is 25.4. The Morgan fingerprint density at radius 1 is 1.50 bits per heavy atom. The van der Waals surface area contributed by atoms with Crippen LogP contribution in [-0.4, -0.2) is 27.2 Å². The van der Waals surface area contributed by atoms with Gasteiger partial charge in [-0.1, -0.05) is 33.0 Å². The molecule has 16 heavy (non-hydrogen) atoms. The molecule has 0 saturated carbocycles. The average Bonchev–Trinajstić information content (AvgIpc) is 2.47. The second-order valence-electron chi connectivity index (χ2n) is 4.28. The Labute approximate surface area is 101 Å². The van der Waals surface area contributed by atoms with Crippen molar-refractivity contribution in [2.75, 3.05) is 0 Å². The molecule has 1 heterocycles. The summed E-state index contributed by atoms with van der Waals surface area (Å²) >= 11 is 5.04. The molecule has 0 radical (unpaired) electrons. The van der Waals surface area contributed by atoms with Crippen LogP contribution in [0.5, 0.6) is 0 Å². The second-order valence-corrected chi connectivity index (χ2v) is 4.72. The molecule has 0 bridgehead atoms. The fraction of sp³-hybridized carbons (Fsp3) is 0.727. The minimum absolute atomic E-state index is 0.151. The number of likely N-dealkylation sites (tertiary alicyclic amines) is 1. The third kappa shape index (κ3) is 1.73. The molecule has 1 aliphatic rings. The maximum Gasteiger partial charge on any atom is 0.233 e. The van der Waals surface area contributed by atoms with E-state index in [9.17, 15) is 9.59 Å². The summed E-state index contributed by atoms with van der Waals surface area (Å²) in [6, 6.07) is 0. The monoisotopic (exact) mass is 242 g/mol. The van der Waals surface area contributed by atoms with Crippen LogP contribution in [0, 0.1) is 5.92 Å². The third-order valence-corrected chi connectivity index (χ3v) is 3.81. The van der Waals surface area contributed by atoms with Gasteiger partial charge in [-0.05, 0) is 12.8 Å². The zero-order valence-electron chi connectivity index (χ0n) is 9.95. The highest BCUT2D eigenvalue weighted by atomic mass is 32.1. The van der Waals surface area contributed by atoms with Gasteiger partial charge in [-0.2, -0.15) is 0 Å². The van der Waals surface area contributed by atoms with Crippen molar-refractivity contribution in [1.82, 2.24) is 4.90 Å². The van der Waals surface area contributed by atoms with Gasteiger partial charge in [0.2, 0.25) is 11.8 Å². The summed E-state index contributed by atoms with van der Waals surface area (Å²) in [6.45, 7) is 5.55. The van der Waals surface area contributed by atoms with Crippen molar-refractivity contribution in [1.29, 1.82) is 0 Å². The number of nitrogens with two attached hydrogens (primary N) is 1. The lowest BCUT2D eigenvalue weighted by molar-refractivity contribution is -0.144. The molecule has 1 atom stereocenters. The SMILES string of the molecule is CCC(CC)(C(N)=S)N1C(=O)CC(C)C1=O. The molecular formula is C11H18N2O2S. The number of amides is 2. The molecule has 4 nitrogen and oxygen atoms in total. The Kier molecular flexibility index (Phi) is 3.68. The van der Waals surface area contributed by atoms with Crippen LogP contribution in [0.4, 0.5) is 0 Å². The van der Waals surface area contributed by atoms with Gasteiger partial charge in [0.25, 0.3) is 0 Å². The molecule has 1 rings (SSSR count). The molecule has 1 unspecified atom stereocenters. The van der Waals surface area contributed by atoms with E-state index in [0.29, 0.717) is 12.8 Å². The molecule has 0 aliphatic carbocycles. The van der Waals surface area contributed by atoms with Crippen LogP contribution in [-0.2, 0) is 9.59 Å². The molecule has 2 amide bonds. The van der Waals surface area contributed by atoms with Crippen molar-refractivity contribution >= 4 is 29.0 Å². The van der Waals surface area contributed by atoms with Gasteiger partial charge in [0.15, 0.2) is 0 Å². The van der Waals surface area contributed by atoms with Crippen molar-refractivity contribution < 1.29 is 9.59 Å². The van der Waals surface area contributed by atoms with Gasteiger partial charge < -0.3 is 5.73 Å². The zero-order chi connectivity index (χ0) is 12.5. The molecule has 0 aromatic carbocycles. The molecule has 1 aliphatic heterocycles. The number of nitrogens with zero attached hydrogens (tertiary/aromatic N) is 1. The number of rotatable bonds is 4. The van der Waals surface area contributed by atoms with E-state index in [1.54, 1.807) is 6.92 Å². The predicted molar refractivity (Wildman–Crippen MR) is 65.7 cm³/mol. The van der Waals surface area contributed by atoms with Crippen molar-refractivity contribution in [2.24, 2.45) is 11.7 Å². The van der Waals surface area contributed by atoms with Gasteiger partial charge in [0, 0.05) is 12.3 Å².